The van der Waals surface area contributed by atoms with Crippen molar-refractivity contribution in [3.05, 3.63) is 55.9 Å². The molecule has 0 aliphatic heterocycles. The molecule has 1 amide bonds. The summed E-state index contributed by atoms with van der Waals surface area (Å²) in [6.07, 6.45) is 4.34. The summed E-state index contributed by atoms with van der Waals surface area (Å²) in [4.78, 5) is 36.7. The van der Waals surface area contributed by atoms with Gasteiger partial charge in [-0.3, -0.25) is 14.5 Å². The zero-order chi connectivity index (χ0) is 20.5. The van der Waals surface area contributed by atoms with Crippen LogP contribution in [0.1, 0.15) is 40.2 Å². The second kappa shape index (κ2) is 8.08. The molecule has 3 aromatic rings. The number of benzene rings is 1. The molecule has 1 aliphatic carbocycles. The third kappa shape index (κ3) is 4.11. The van der Waals surface area contributed by atoms with E-state index in [0.29, 0.717) is 12.4 Å². The fraction of sp³-hybridized carbons (Fsp3) is 0.409. The van der Waals surface area contributed by atoms with Crippen molar-refractivity contribution in [3.63, 3.8) is 0 Å². The predicted octanol–water partition coefficient (Wildman–Crippen LogP) is 3.55. The number of amides is 1. The summed E-state index contributed by atoms with van der Waals surface area (Å²) in [6, 6.07) is 5.87. The average Bonchev–Trinajstić information content (AvgIpc) is 3.04. The monoisotopic (exact) mass is 410 g/mol. The molecule has 0 bridgehead atoms. The molecular formula is C22H26N4O2S. The molecular weight excluding hydrogens is 384 g/mol. The van der Waals surface area contributed by atoms with Gasteiger partial charge in [0.1, 0.15) is 10.7 Å². The van der Waals surface area contributed by atoms with Gasteiger partial charge in [-0.05, 0) is 69.3 Å². The van der Waals surface area contributed by atoms with Gasteiger partial charge in [0, 0.05) is 10.6 Å². The molecule has 7 heteroatoms. The number of aromatic nitrogens is 2. The van der Waals surface area contributed by atoms with Gasteiger partial charge in [0.2, 0.25) is 5.91 Å². The van der Waals surface area contributed by atoms with Crippen LogP contribution in [0.5, 0.6) is 0 Å². The van der Waals surface area contributed by atoms with Crippen LogP contribution in [-0.4, -0.2) is 34.4 Å². The highest BCUT2D eigenvalue weighted by atomic mass is 32.1. The van der Waals surface area contributed by atoms with Gasteiger partial charge in [-0.25, -0.2) is 4.98 Å². The van der Waals surface area contributed by atoms with Gasteiger partial charge in [0.15, 0.2) is 0 Å². The number of carbonyl (C=O) groups is 1. The maximum Gasteiger partial charge on any atom is 0.259 e. The molecule has 0 fully saturated rings. The van der Waals surface area contributed by atoms with Crippen LogP contribution in [0.2, 0.25) is 0 Å². The van der Waals surface area contributed by atoms with Crippen LogP contribution in [0.4, 0.5) is 5.69 Å². The highest BCUT2D eigenvalue weighted by Gasteiger charge is 2.20. The molecule has 0 unspecified atom stereocenters. The summed E-state index contributed by atoms with van der Waals surface area (Å²) in [7, 11) is 1.85. The Morgan fingerprint density at radius 1 is 1.28 bits per heavy atom. The SMILES string of the molecule is Cc1cccc(NC(=O)CN(C)Cc2nc3sc4c(c3c(=O)[nH]2)CCCC4)c1C. The van der Waals surface area contributed by atoms with Gasteiger partial charge in [-0.2, -0.15) is 0 Å². The standard InChI is InChI=1S/C22H26N4O2S/c1-13-7-6-9-16(14(13)2)23-19(27)12-26(3)11-18-24-21(28)20-15-8-4-5-10-17(15)29-22(20)25-18/h6-7,9H,4-5,8,10-12H2,1-3H3,(H,23,27)(H,24,25,28). The zero-order valence-electron chi connectivity index (χ0n) is 17.1. The first-order chi connectivity index (χ1) is 13.9. The Bertz CT molecular complexity index is 1130. The van der Waals surface area contributed by atoms with Gasteiger partial charge in [-0.15, -0.1) is 11.3 Å². The average molecular weight is 411 g/mol. The Kier molecular flexibility index (Phi) is 5.52. The lowest BCUT2D eigenvalue weighted by atomic mass is 9.97. The van der Waals surface area contributed by atoms with Crippen LogP contribution in [0.25, 0.3) is 10.2 Å². The van der Waals surface area contributed by atoms with Crippen LogP contribution in [0.15, 0.2) is 23.0 Å². The van der Waals surface area contributed by atoms with E-state index in [2.05, 4.69) is 15.3 Å². The van der Waals surface area contributed by atoms with Crippen molar-refractivity contribution in [1.82, 2.24) is 14.9 Å². The quantitative estimate of drug-likeness (QED) is 0.674. The summed E-state index contributed by atoms with van der Waals surface area (Å²) >= 11 is 1.64. The molecule has 0 saturated carbocycles. The number of aromatic amines is 1. The second-order valence-corrected chi connectivity index (χ2v) is 8.96. The summed E-state index contributed by atoms with van der Waals surface area (Å²) in [5.74, 6) is 0.513. The molecule has 4 rings (SSSR count). The summed E-state index contributed by atoms with van der Waals surface area (Å²) in [5.41, 5.74) is 4.18. The minimum atomic E-state index is -0.0868. The number of likely N-dealkylation sites (N-methyl/N-ethyl adjacent to an activating group) is 1. The number of nitrogens with zero attached hydrogens (tertiary/aromatic N) is 2. The molecule has 29 heavy (non-hydrogen) atoms. The molecule has 2 N–H and O–H groups in total. The first kappa shape index (κ1) is 19.8. The second-order valence-electron chi connectivity index (χ2n) is 7.87. The molecule has 1 aromatic carbocycles. The Morgan fingerprint density at radius 3 is 2.90 bits per heavy atom. The zero-order valence-corrected chi connectivity index (χ0v) is 17.9. The molecule has 0 spiro atoms. The molecule has 6 nitrogen and oxygen atoms in total. The van der Waals surface area contributed by atoms with Crippen LogP contribution in [0.3, 0.4) is 0 Å². The first-order valence-electron chi connectivity index (χ1n) is 10.0. The predicted molar refractivity (Wildman–Crippen MR) is 118 cm³/mol. The van der Waals surface area contributed by atoms with Crippen molar-refractivity contribution in [3.8, 4) is 0 Å². The highest BCUT2D eigenvalue weighted by molar-refractivity contribution is 7.18. The molecule has 0 saturated heterocycles. The number of fused-ring (bicyclic) bond motifs is 3. The molecule has 0 atom stereocenters. The first-order valence-corrected chi connectivity index (χ1v) is 10.8. The van der Waals surface area contributed by atoms with E-state index in [1.807, 2.05) is 44.0 Å². The van der Waals surface area contributed by atoms with Crippen molar-refractivity contribution in [1.29, 1.82) is 0 Å². The third-order valence-corrected chi connectivity index (χ3v) is 6.77. The van der Waals surface area contributed by atoms with Crippen LogP contribution >= 0.6 is 11.3 Å². The van der Waals surface area contributed by atoms with E-state index in [-0.39, 0.29) is 18.0 Å². The van der Waals surface area contributed by atoms with Crippen molar-refractivity contribution in [2.45, 2.75) is 46.1 Å². The minimum Gasteiger partial charge on any atom is -0.325 e. The maximum atomic E-state index is 12.7. The largest absolute Gasteiger partial charge is 0.325 e. The molecule has 1 aliphatic rings. The van der Waals surface area contributed by atoms with E-state index in [9.17, 15) is 9.59 Å². The van der Waals surface area contributed by atoms with E-state index >= 15 is 0 Å². The van der Waals surface area contributed by atoms with E-state index in [1.165, 1.54) is 16.9 Å². The van der Waals surface area contributed by atoms with Crippen LogP contribution in [0, 0.1) is 13.8 Å². The fourth-order valence-electron chi connectivity index (χ4n) is 3.92. The van der Waals surface area contributed by atoms with E-state index < -0.39 is 0 Å². The third-order valence-electron chi connectivity index (χ3n) is 5.59. The van der Waals surface area contributed by atoms with Crippen molar-refractivity contribution >= 4 is 33.1 Å². The van der Waals surface area contributed by atoms with E-state index in [4.69, 9.17) is 0 Å². The number of anilines is 1. The Labute approximate surface area is 174 Å². The summed E-state index contributed by atoms with van der Waals surface area (Å²) < 4.78 is 0. The van der Waals surface area contributed by atoms with E-state index in [0.717, 1.165) is 46.3 Å². The van der Waals surface area contributed by atoms with Crippen molar-refractivity contribution in [2.75, 3.05) is 18.9 Å². The Hall–Kier alpha value is -2.51. The van der Waals surface area contributed by atoms with Gasteiger partial charge in [-0.1, -0.05) is 12.1 Å². The summed E-state index contributed by atoms with van der Waals surface area (Å²) in [6.45, 7) is 4.65. The topological polar surface area (TPSA) is 78.1 Å². The van der Waals surface area contributed by atoms with Crippen molar-refractivity contribution < 1.29 is 4.79 Å². The number of H-pyrrole nitrogens is 1. The lowest BCUT2D eigenvalue weighted by Crippen LogP contribution is -2.31. The lowest BCUT2D eigenvalue weighted by Gasteiger charge is -2.17. The highest BCUT2D eigenvalue weighted by Crippen LogP contribution is 2.33. The number of rotatable bonds is 5. The van der Waals surface area contributed by atoms with Gasteiger partial charge < -0.3 is 10.3 Å². The molecule has 0 radical (unpaired) electrons. The number of nitrogens with one attached hydrogen (secondary N) is 2. The molecule has 2 aromatic heterocycles. The normalized spacial score (nSPS) is 13.7. The maximum absolute atomic E-state index is 12.7. The number of thiophene rings is 1. The minimum absolute atomic E-state index is 0.0577. The number of hydrogen-bond donors (Lipinski definition) is 2. The van der Waals surface area contributed by atoms with Gasteiger partial charge in [0.25, 0.3) is 5.56 Å². The van der Waals surface area contributed by atoms with E-state index in [1.54, 1.807) is 11.3 Å². The lowest BCUT2D eigenvalue weighted by molar-refractivity contribution is -0.117. The summed E-state index contributed by atoms with van der Waals surface area (Å²) in [5, 5.41) is 3.74. The molecule has 152 valence electrons. The van der Waals surface area contributed by atoms with Crippen molar-refractivity contribution in [2.24, 2.45) is 0 Å². The Balaban J connectivity index is 1.46. The van der Waals surface area contributed by atoms with Gasteiger partial charge >= 0.3 is 0 Å². The van der Waals surface area contributed by atoms with Gasteiger partial charge in [0.05, 0.1) is 18.5 Å². The Morgan fingerprint density at radius 2 is 2.07 bits per heavy atom. The number of carbonyl (C=O) groups excluding carboxylic acids is 1. The number of aryl methyl sites for hydroxylation is 3. The smallest absolute Gasteiger partial charge is 0.259 e. The van der Waals surface area contributed by atoms with Crippen LogP contribution < -0.4 is 10.9 Å². The fourth-order valence-corrected chi connectivity index (χ4v) is 5.20. The molecule has 2 heterocycles. The number of hydrogen-bond acceptors (Lipinski definition) is 5. The van der Waals surface area contributed by atoms with Crippen LogP contribution in [-0.2, 0) is 24.2 Å².